The lowest BCUT2D eigenvalue weighted by Crippen LogP contribution is -2.41. The van der Waals surface area contributed by atoms with E-state index in [0.717, 1.165) is 11.0 Å². The van der Waals surface area contributed by atoms with Gasteiger partial charge in [-0.15, -0.1) is 0 Å². The quantitative estimate of drug-likeness (QED) is 0.661. The largest absolute Gasteiger partial charge is 0.496 e. The molecule has 1 aliphatic rings. The molecule has 0 aliphatic carbocycles. The van der Waals surface area contributed by atoms with Gasteiger partial charge in [-0.3, -0.25) is 9.78 Å². The summed E-state index contributed by atoms with van der Waals surface area (Å²) in [6.07, 6.45) is 2.42. The van der Waals surface area contributed by atoms with Crippen LogP contribution in [0.1, 0.15) is 56.6 Å². The van der Waals surface area contributed by atoms with E-state index in [1.807, 2.05) is 34.6 Å². The molecule has 0 amide bonds. The third-order valence-corrected chi connectivity index (χ3v) is 4.51. The van der Waals surface area contributed by atoms with E-state index in [1.54, 1.807) is 12.3 Å². The highest BCUT2D eigenvalue weighted by atomic mass is 16.7. The van der Waals surface area contributed by atoms with Crippen molar-refractivity contribution in [2.75, 3.05) is 6.61 Å². The van der Waals surface area contributed by atoms with E-state index < -0.39 is 18.3 Å². The summed E-state index contributed by atoms with van der Waals surface area (Å²) >= 11 is 0. The molecule has 0 aromatic carbocycles. The predicted molar refractivity (Wildman–Crippen MR) is 85.3 cm³/mol. The van der Waals surface area contributed by atoms with Gasteiger partial charge in [0, 0.05) is 24.7 Å². The summed E-state index contributed by atoms with van der Waals surface area (Å²) in [5.74, 6) is -0.0578. The predicted octanol–water partition coefficient (Wildman–Crippen LogP) is 1.64. The second-order valence-electron chi connectivity index (χ2n) is 6.76. The molecule has 2 rings (SSSR count). The second-order valence-corrected chi connectivity index (χ2v) is 6.76. The Hall–Kier alpha value is -1.24. The van der Waals surface area contributed by atoms with Gasteiger partial charge in [0.1, 0.15) is 5.69 Å². The molecule has 6 heteroatoms. The first kappa shape index (κ1) is 17.1. The normalized spacial score (nSPS) is 19.5. The minimum absolute atomic E-state index is 0.0106. The van der Waals surface area contributed by atoms with E-state index in [1.165, 1.54) is 0 Å². The van der Waals surface area contributed by atoms with E-state index in [4.69, 9.17) is 14.4 Å². The maximum absolute atomic E-state index is 12.0. The average Bonchev–Trinajstić information content (AvgIpc) is 2.64. The molecule has 1 aromatic heterocycles. The number of aliphatic hydroxyl groups is 1. The fraction of sp³-hybridized carbons (Fsp3) is 0.625. The third kappa shape index (κ3) is 3.24. The summed E-state index contributed by atoms with van der Waals surface area (Å²) in [4.78, 5) is 16.2. The van der Waals surface area contributed by atoms with E-state index in [9.17, 15) is 4.79 Å². The maximum Gasteiger partial charge on any atom is 0.496 e. The molecule has 1 fully saturated rings. The van der Waals surface area contributed by atoms with Crippen LogP contribution in [0.4, 0.5) is 0 Å². The highest BCUT2D eigenvalue weighted by molar-refractivity contribution is 6.62. The number of ketones is 1. The van der Waals surface area contributed by atoms with Crippen LogP contribution in [0.2, 0.25) is 0 Å². The molecule has 22 heavy (non-hydrogen) atoms. The molecule has 0 radical (unpaired) electrons. The summed E-state index contributed by atoms with van der Waals surface area (Å²) < 4.78 is 12.0. The van der Waals surface area contributed by atoms with Crippen LogP contribution >= 0.6 is 0 Å². The van der Waals surface area contributed by atoms with Crippen molar-refractivity contribution in [2.45, 2.75) is 58.7 Å². The van der Waals surface area contributed by atoms with Gasteiger partial charge in [-0.2, -0.15) is 0 Å². The molecule has 0 unspecified atom stereocenters. The zero-order chi connectivity index (χ0) is 16.5. The molecule has 1 saturated heterocycles. The van der Waals surface area contributed by atoms with Gasteiger partial charge in [-0.05, 0) is 52.7 Å². The van der Waals surface area contributed by atoms with Crippen LogP contribution in [0, 0.1) is 6.92 Å². The van der Waals surface area contributed by atoms with Crippen molar-refractivity contribution in [3.8, 4) is 0 Å². The number of aryl methyl sites for hydroxylation is 1. The van der Waals surface area contributed by atoms with E-state index in [0.29, 0.717) is 18.5 Å². The van der Waals surface area contributed by atoms with Gasteiger partial charge in [0.05, 0.1) is 11.2 Å². The van der Waals surface area contributed by atoms with Crippen LogP contribution in [-0.2, 0) is 9.31 Å². The van der Waals surface area contributed by atoms with Gasteiger partial charge in [0.15, 0.2) is 5.78 Å². The van der Waals surface area contributed by atoms with Crippen LogP contribution in [-0.4, -0.2) is 40.8 Å². The van der Waals surface area contributed by atoms with Crippen molar-refractivity contribution in [2.24, 2.45) is 0 Å². The summed E-state index contributed by atoms with van der Waals surface area (Å²) in [7, 11) is -0.473. The topological polar surface area (TPSA) is 68.7 Å². The smallest absolute Gasteiger partial charge is 0.399 e. The minimum Gasteiger partial charge on any atom is -0.399 e. The number of rotatable bonds is 5. The Morgan fingerprint density at radius 1 is 1.27 bits per heavy atom. The molecule has 1 aliphatic heterocycles. The summed E-state index contributed by atoms with van der Waals surface area (Å²) in [6.45, 7) is 9.94. The average molecular weight is 305 g/mol. The molecule has 120 valence electrons. The molecule has 1 aromatic rings. The number of hydrogen-bond acceptors (Lipinski definition) is 5. The van der Waals surface area contributed by atoms with E-state index >= 15 is 0 Å². The zero-order valence-electron chi connectivity index (χ0n) is 14.0. The lowest BCUT2D eigenvalue weighted by atomic mass is 9.77. The Labute approximate surface area is 132 Å². The summed E-state index contributed by atoms with van der Waals surface area (Å²) in [6, 6.07) is 1.76. The summed E-state index contributed by atoms with van der Waals surface area (Å²) in [5.41, 5.74) is 1.38. The zero-order valence-corrected chi connectivity index (χ0v) is 14.0. The van der Waals surface area contributed by atoms with Gasteiger partial charge in [-0.25, -0.2) is 0 Å². The number of nitrogens with zero attached hydrogens (tertiary/aromatic N) is 1. The molecule has 2 heterocycles. The maximum atomic E-state index is 12.0. The molecule has 0 atom stereocenters. The van der Waals surface area contributed by atoms with Gasteiger partial charge < -0.3 is 14.4 Å². The van der Waals surface area contributed by atoms with E-state index in [-0.39, 0.29) is 12.4 Å². The number of carbonyl (C=O) groups is 1. The van der Waals surface area contributed by atoms with Crippen molar-refractivity contribution in [3.05, 3.63) is 23.5 Å². The van der Waals surface area contributed by atoms with Gasteiger partial charge >= 0.3 is 7.12 Å². The summed E-state index contributed by atoms with van der Waals surface area (Å²) in [5, 5.41) is 8.80. The Morgan fingerprint density at radius 3 is 2.36 bits per heavy atom. The van der Waals surface area contributed by atoms with Crippen molar-refractivity contribution in [3.63, 3.8) is 0 Å². The highest BCUT2D eigenvalue weighted by Gasteiger charge is 2.52. The minimum atomic E-state index is -0.473. The fourth-order valence-electron chi connectivity index (χ4n) is 2.30. The van der Waals surface area contributed by atoms with Crippen LogP contribution in [0.5, 0.6) is 0 Å². The van der Waals surface area contributed by atoms with Crippen molar-refractivity contribution < 1.29 is 19.2 Å². The van der Waals surface area contributed by atoms with Gasteiger partial charge in [0.2, 0.25) is 0 Å². The van der Waals surface area contributed by atoms with Crippen LogP contribution in [0.3, 0.4) is 0 Å². The molecule has 0 saturated carbocycles. The monoisotopic (exact) mass is 305 g/mol. The van der Waals surface area contributed by atoms with Crippen molar-refractivity contribution in [1.29, 1.82) is 0 Å². The first-order chi connectivity index (χ1) is 10.2. The second kappa shape index (κ2) is 6.10. The lowest BCUT2D eigenvalue weighted by molar-refractivity contribution is 0.00578. The van der Waals surface area contributed by atoms with Gasteiger partial charge in [-0.1, -0.05) is 0 Å². The molecular weight excluding hydrogens is 281 g/mol. The molecule has 1 N–H and O–H groups in total. The number of hydrogen-bond donors (Lipinski definition) is 1. The molecule has 5 nitrogen and oxygen atoms in total. The van der Waals surface area contributed by atoms with Crippen molar-refractivity contribution in [1.82, 2.24) is 4.98 Å². The lowest BCUT2D eigenvalue weighted by Gasteiger charge is -2.32. The van der Waals surface area contributed by atoms with Crippen LogP contribution in [0.25, 0.3) is 0 Å². The fourth-order valence-corrected chi connectivity index (χ4v) is 2.30. The number of pyridine rings is 1. The van der Waals surface area contributed by atoms with Crippen molar-refractivity contribution >= 4 is 18.4 Å². The highest BCUT2D eigenvalue weighted by Crippen LogP contribution is 2.36. The number of carbonyl (C=O) groups excluding carboxylic acids is 1. The number of aliphatic hydroxyl groups excluding tert-OH is 1. The SMILES string of the molecule is Cc1cc(C(=O)CCCO)ncc1B1OC(C)(C)C(C)(C)O1. The molecule has 0 bridgehead atoms. The Balaban J connectivity index is 2.19. The standard InChI is InChI=1S/C16H24BNO4/c1-11-9-13(14(20)7-6-8-19)18-10-12(11)17-21-15(2,3)16(4,5)22-17/h9-10,19H,6-8H2,1-5H3. The number of Topliss-reactive ketones (excluding diaryl/α,β-unsaturated/α-hetero) is 1. The first-order valence-corrected chi connectivity index (χ1v) is 7.64. The van der Waals surface area contributed by atoms with Crippen LogP contribution < -0.4 is 5.46 Å². The number of aromatic nitrogens is 1. The molecular formula is C16H24BNO4. The van der Waals surface area contributed by atoms with Crippen LogP contribution in [0.15, 0.2) is 12.3 Å². The third-order valence-electron chi connectivity index (χ3n) is 4.51. The Bertz CT molecular complexity index is 555. The first-order valence-electron chi connectivity index (χ1n) is 7.64. The van der Waals surface area contributed by atoms with Gasteiger partial charge in [0.25, 0.3) is 0 Å². The molecule has 0 spiro atoms. The Kier molecular flexibility index (Phi) is 4.75. The van der Waals surface area contributed by atoms with E-state index in [2.05, 4.69) is 4.98 Å². The Morgan fingerprint density at radius 2 is 1.86 bits per heavy atom.